The molecule has 1 aliphatic rings. The van der Waals surface area contributed by atoms with Gasteiger partial charge in [0.15, 0.2) is 11.5 Å². The van der Waals surface area contributed by atoms with Crippen LogP contribution in [0.5, 0.6) is 11.5 Å². The smallest absolute Gasteiger partial charge is 0.317 e. The lowest BCUT2D eigenvalue weighted by Crippen LogP contribution is -2.42. The molecular formula is C19H22N2O4. The van der Waals surface area contributed by atoms with Crippen LogP contribution in [0.15, 0.2) is 46.6 Å². The Morgan fingerprint density at radius 1 is 1.40 bits per heavy atom. The van der Waals surface area contributed by atoms with Crippen molar-refractivity contribution in [3.8, 4) is 11.5 Å². The lowest BCUT2D eigenvalue weighted by Gasteiger charge is -2.29. The highest BCUT2D eigenvalue weighted by Gasteiger charge is 2.23. The van der Waals surface area contributed by atoms with Gasteiger partial charge in [-0.15, -0.1) is 0 Å². The molecule has 0 radical (unpaired) electrons. The van der Waals surface area contributed by atoms with E-state index in [4.69, 9.17) is 9.15 Å². The summed E-state index contributed by atoms with van der Waals surface area (Å²) in [7, 11) is 1.50. The maximum absolute atomic E-state index is 12.5. The Morgan fingerprint density at radius 3 is 2.96 bits per heavy atom. The largest absolute Gasteiger partial charge is 0.504 e. The fourth-order valence-electron chi connectivity index (χ4n) is 2.89. The number of hydrogen-bond acceptors (Lipinski definition) is 4. The minimum atomic E-state index is -0.122. The van der Waals surface area contributed by atoms with Crippen molar-refractivity contribution in [3.05, 3.63) is 53.5 Å². The van der Waals surface area contributed by atoms with Crippen LogP contribution in [0.2, 0.25) is 0 Å². The topological polar surface area (TPSA) is 74.9 Å². The quantitative estimate of drug-likeness (QED) is 0.893. The van der Waals surface area contributed by atoms with Gasteiger partial charge in [0.2, 0.25) is 0 Å². The molecule has 0 atom stereocenters. The third-order valence-electron chi connectivity index (χ3n) is 4.41. The van der Waals surface area contributed by atoms with Crippen molar-refractivity contribution in [2.24, 2.45) is 0 Å². The number of amides is 2. The number of hydrogen-bond donors (Lipinski definition) is 2. The fraction of sp³-hybridized carbons (Fsp3) is 0.316. The van der Waals surface area contributed by atoms with E-state index in [0.717, 1.165) is 23.3 Å². The van der Waals surface area contributed by atoms with Crippen molar-refractivity contribution in [1.82, 2.24) is 10.2 Å². The summed E-state index contributed by atoms with van der Waals surface area (Å²) in [6, 6.07) is 8.68. The number of nitrogens with zero attached hydrogens (tertiary/aromatic N) is 1. The highest BCUT2D eigenvalue weighted by molar-refractivity contribution is 5.79. The zero-order valence-electron chi connectivity index (χ0n) is 14.4. The van der Waals surface area contributed by atoms with Crippen LogP contribution in [0.4, 0.5) is 4.79 Å². The average molecular weight is 342 g/mol. The molecular weight excluding hydrogens is 320 g/mol. The van der Waals surface area contributed by atoms with E-state index >= 15 is 0 Å². The first kappa shape index (κ1) is 17.0. The van der Waals surface area contributed by atoms with E-state index in [0.29, 0.717) is 25.4 Å². The molecule has 6 nitrogen and oxygen atoms in total. The number of ether oxygens (including phenoxy) is 1. The van der Waals surface area contributed by atoms with E-state index in [9.17, 15) is 9.90 Å². The van der Waals surface area contributed by atoms with Crippen LogP contribution < -0.4 is 10.1 Å². The van der Waals surface area contributed by atoms with E-state index in [2.05, 4.69) is 12.2 Å². The number of phenolic OH excluding ortho intramolecular Hbond substituents is 1. The number of carbonyl (C=O) groups is 1. The Labute approximate surface area is 146 Å². The molecule has 2 heterocycles. The lowest BCUT2D eigenvalue weighted by atomic mass is 10.00. The first-order valence-electron chi connectivity index (χ1n) is 8.19. The maximum Gasteiger partial charge on any atom is 0.317 e. The second kappa shape index (κ2) is 7.34. The predicted molar refractivity (Wildman–Crippen MR) is 94.4 cm³/mol. The van der Waals surface area contributed by atoms with Crippen molar-refractivity contribution in [3.63, 3.8) is 0 Å². The first-order chi connectivity index (χ1) is 12.1. The number of methoxy groups -OCH3 is 1. The van der Waals surface area contributed by atoms with Crippen LogP contribution in [0.3, 0.4) is 0 Å². The van der Waals surface area contributed by atoms with E-state index in [1.165, 1.54) is 12.7 Å². The third-order valence-corrected chi connectivity index (χ3v) is 4.41. The number of aromatic hydroxyl groups is 1. The fourth-order valence-corrected chi connectivity index (χ4v) is 2.89. The highest BCUT2D eigenvalue weighted by Crippen LogP contribution is 2.27. The molecule has 0 saturated heterocycles. The number of carbonyl (C=O) groups excluding carboxylic acids is 1. The van der Waals surface area contributed by atoms with Crippen molar-refractivity contribution < 1.29 is 19.1 Å². The normalized spacial score (nSPS) is 14.6. The number of nitrogens with one attached hydrogen (secondary N) is 1. The lowest BCUT2D eigenvalue weighted by molar-refractivity contribution is 0.202. The first-order valence-corrected chi connectivity index (χ1v) is 8.19. The Bertz CT molecular complexity index is 781. The monoisotopic (exact) mass is 342 g/mol. The molecule has 3 rings (SSSR count). The Morgan fingerprint density at radius 2 is 2.24 bits per heavy atom. The van der Waals surface area contributed by atoms with Gasteiger partial charge in [-0.3, -0.25) is 0 Å². The van der Waals surface area contributed by atoms with Crippen LogP contribution in [0.25, 0.3) is 5.57 Å². The molecule has 1 aliphatic heterocycles. The number of benzene rings is 1. The summed E-state index contributed by atoms with van der Waals surface area (Å²) in [5.41, 5.74) is 3.18. The van der Waals surface area contributed by atoms with Crippen molar-refractivity contribution in [1.29, 1.82) is 0 Å². The molecule has 132 valence electrons. The van der Waals surface area contributed by atoms with Crippen molar-refractivity contribution >= 4 is 11.6 Å². The van der Waals surface area contributed by atoms with Gasteiger partial charge in [-0.05, 0) is 43.2 Å². The molecule has 1 aromatic carbocycles. The predicted octanol–water partition coefficient (Wildman–Crippen LogP) is 3.38. The van der Waals surface area contributed by atoms with E-state index in [1.54, 1.807) is 29.4 Å². The molecule has 2 amide bonds. The molecule has 0 bridgehead atoms. The van der Waals surface area contributed by atoms with Gasteiger partial charge in [-0.2, -0.15) is 0 Å². The molecule has 1 aromatic heterocycles. The maximum atomic E-state index is 12.5. The summed E-state index contributed by atoms with van der Waals surface area (Å²) in [6.45, 7) is 3.66. The van der Waals surface area contributed by atoms with Gasteiger partial charge in [-0.1, -0.05) is 11.6 Å². The van der Waals surface area contributed by atoms with Gasteiger partial charge in [0.05, 0.1) is 19.9 Å². The van der Waals surface area contributed by atoms with E-state index < -0.39 is 0 Å². The number of furan rings is 1. The molecule has 0 spiro atoms. The van der Waals surface area contributed by atoms with Crippen LogP contribution in [-0.4, -0.2) is 36.2 Å². The Balaban J connectivity index is 1.62. The second-order valence-electron chi connectivity index (χ2n) is 6.07. The second-order valence-corrected chi connectivity index (χ2v) is 6.07. The molecule has 2 aromatic rings. The van der Waals surface area contributed by atoms with Gasteiger partial charge in [0, 0.05) is 18.7 Å². The highest BCUT2D eigenvalue weighted by atomic mass is 16.5. The van der Waals surface area contributed by atoms with Crippen LogP contribution in [0, 0.1) is 0 Å². The van der Waals surface area contributed by atoms with Gasteiger partial charge < -0.3 is 24.5 Å². The van der Waals surface area contributed by atoms with Gasteiger partial charge in [-0.25, -0.2) is 4.79 Å². The van der Waals surface area contributed by atoms with Gasteiger partial charge in [0.1, 0.15) is 5.76 Å². The summed E-state index contributed by atoms with van der Waals surface area (Å²) >= 11 is 0. The van der Waals surface area contributed by atoms with Crippen molar-refractivity contribution in [2.75, 3.05) is 20.2 Å². The molecule has 0 aliphatic carbocycles. The zero-order valence-corrected chi connectivity index (χ0v) is 14.4. The summed E-state index contributed by atoms with van der Waals surface area (Å²) in [6.07, 6.45) is 2.48. The summed E-state index contributed by atoms with van der Waals surface area (Å²) in [5.74, 6) is 1.29. The van der Waals surface area contributed by atoms with Crippen molar-refractivity contribution in [2.45, 2.75) is 19.9 Å². The van der Waals surface area contributed by atoms with E-state index in [-0.39, 0.29) is 11.8 Å². The van der Waals surface area contributed by atoms with Gasteiger partial charge >= 0.3 is 6.03 Å². The standard InChI is InChI=1S/C19H22N2O4/c1-13-7-8-21(12-15(13)17-4-3-9-25-17)19(23)20-11-14-5-6-16(22)18(10-14)24-2/h3-6,9-10,22H,7-8,11-12H2,1-2H3,(H,20,23). The molecule has 2 N–H and O–H groups in total. The average Bonchev–Trinajstić information content (AvgIpc) is 3.15. The third kappa shape index (κ3) is 3.79. The van der Waals surface area contributed by atoms with E-state index in [1.807, 2.05) is 12.1 Å². The summed E-state index contributed by atoms with van der Waals surface area (Å²) < 4.78 is 10.6. The zero-order chi connectivity index (χ0) is 17.8. The molecule has 0 saturated carbocycles. The number of rotatable bonds is 4. The Hall–Kier alpha value is -2.89. The Kier molecular flexibility index (Phi) is 4.97. The number of urea groups is 1. The van der Waals surface area contributed by atoms with Crippen LogP contribution >= 0.6 is 0 Å². The minimum absolute atomic E-state index is 0.0808. The SMILES string of the molecule is COc1cc(CNC(=O)N2CCC(C)=C(c3ccco3)C2)ccc1O. The summed E-state index contributed by atoms with van der Waals surface area (Å²) in [5, 5.41) is 12.5. The summed E-state index contributed by atoms with van der Waals surface area (Å²) in [4.78, 5) is 14.3. The molecule has 25 heavy (non-hydrogen) atoms. The molecule has 0 fully saturated rings. The number of phenols is 1. The van der Waals surface area contributed by atoms with Crippen LogP contribution in [0.1, 0.15) is 24.7 Å². The van der Waals surface area contributed by atoms with Crippen LogP contribution in [-0.2, 0) is 6.54 Å². The molecule has 0 unspecified atom stereocenters. The van der Waals surface area contributed by atoms with Gasteiger partial charge in [0.25, 0.3) is 0 Å². The molecule has 6 heteroatoms. The minimum Gasteiger partial charge on any atom is -0.504 e.